The van der Waals surface area contributed by atoms with Gasteiger partial charge in [0, 0.05) is 6.54 Å². The quantitative estimate of drug-likeness (QED) is 0.543. The van der Waals surface area contributed by atoms with Gasteiger partial charge in [-0.05, 0) is 6.92 Å². The summed E-state index contributed by atoms with van der Waals surface area (Å²) < 4.78 is 4.17. The van der Waals surface area contributed by atoms with E-state index in [1.54, 1.807) is 6.92 Å². The Balaban J connectivity index is 2.74. The van der Waals surface area contributed by atoms with E-state index in [9.17, 15) is 9.59 Å². The van der Waals surface area contributed by atoms with Crippen LogP contribution in [0.1, 0.15) is 6.92 Å². The van der Waals surface area contributed by atoms with Crippen molar-refractivity contribution in [1.82, 2.24) is 13.9 Å². The summed E-state index contributed by atoms with van der Waals surface area (Å²) in [6.07, 6.45) is 3.78. The van der Waals surface area contributed by atoms with Crippen LogP contribution >= 0.6 is 0 Å². The number of hydrogen-bond acceptors (Lipinski definition) is 2. The van der Waals surface area contributed by atoms with E-state index >= 15 is 0 Å². The molecule has 0 saturated heterocycles. The van der Waals surface area contributed by atoms with E-state index in [4.69, 9.17) is 0 Å². The van der Waals surface area contributed by atoms with Gasteiger partial charge in [-0.1, -0.05) is 12.2 Å². The highest BCUT2D eigenvalue weighted by molar-refractivity contribution is 4.90. The van der Waals surface area contributed by atoms with Gasteiger partial charge in [-0.3, -0.25) is 0 Å². The zero-order valence-electron chi connectivity index (χ0n) is 7.43. The minimum atomic E-state index is -0.211. The molecule has 0 amide bonds. The molecule has 2 rings (SSSR count). The zero-order chi connectivity index (χ0) is 9.42. The molecule has 70 valence electrons. The van der Waals surface area contributed by atoms with Gasteiger partial charge in [0.05, 0.1) is 13.1 Å². The standard InChI is InChI=1S/C8H11N3O2/c1-2-9-7(12)10-5-3-4-6-11(10)8(9)13/h3-4H,2,5-6H2,1H3. The van der Waals surface area contributed by atoms with Crippen molar-refractivity contribution in [2.75, 3.05) is 0 Å². The zero-order valence-corrected chi connectivity index (χ0v) is 7.43. The highest BCUT2D eigenvalue weighted by Gasteiger charge is 2.14. The predicted molar refractivity (Wildman–Crippen MR) is 47.8 cm³/mol. The van der Waals surface area contributed by atoms with Crippen molar-refractivity contribution >= 4 is 0 Å². The van der Waals surface area contributed by atoms with E-state index < -0.39 is 0 Å². The van der Waals surface area contributed by atoms with Crippen molar-refractivity contribution in [3.05, 3.63) is 33.1 Å². The molecule has 1 aliphatic rings. The Morgan fingerprint density at radius 1 is 1.15 bits per heavy atom. The van der Waals surface area contributed by atoms with Crippen molar-refractivity contribution in [2.45, 2.75) is 26.6 Å². The minimum Gasteiger partial charge on any atom is -0.246 e. The molecule has 0 bridgehead atoms. The topological polar surface area (TPSA) is 48.9 Å². The lowest BCUT2D eigenvalue weighted by Crippen LogP contribution is -2.28. The summed E-state index contributed by atoms with van der Waals surface area (Å²) in [4.78, 5) is 23.1. The van der Waals surface area contributed by atoms with Crippen LogP contribution in [0, 0.1) is 0 Å². The molecule has 0 aromatic carbocycles. The van der Waals surface area contributed by atoms with Crippen molar-refractivity contribution in [1.29, 1.82) is 0 Å². The van der Waals surface area contributed by atoms with Gasteiger partial charge in [0.1, 0.15) is 0 Å². The lowest BCUT2D eigenvalue weighted by atomic mass is 10.4. The fourth-order valence-corrected chi connectivity index (χ4v) is 1.54. The molecule has 0 atom stereocenters. The SMILES string of the molecule is CCn1c(=O)n2n(c1=O)CC=CC2. The third kappa shape index (κ3) is 0.998. The van der Waals surface area contributed by atoms with Gasteiger partial charge in [-0.2, -0.15) is 0 Å². The smallest absolute Gasteiger partial charge is 0.246 e. The molecule has 0 saturated carbocycles. The molecular weight excluding hydrogens is 170 g/mol. The molecule has 2 heterocycles. The van der Waals surface area contributed by atoms with Crippen LogP contribution in [0.3, 0.4) is 0 Å². The van der Waals surface area contributed by atoms with Gasteiger partial charge >= 0.3 is 11.4 Å². The highest BCUT2D eigenvalue weighted by atomic mass is 16.2. The Morgan fingerprint density at radius 2 is 1.62 bits per heavy atom. The fraction of sp³-hybridized carbons (Fsp3) is 0.500. The summed E-state index contributed by atoms with van der Waals surface area (Å²) in [7, 11) is 0. The molecular formula is C8H11N3O2. The Hall–Kier alpha value is -1.52. The number of allylic oxidation sites excluding steroid dienone is 2. The molecule has 5 heteroatoms. The van der Waals surface area contributed by atoms with Crippen LogP contribution in [0.4, 0.5) is 0 Å². The monoisotopic (exact) mass is 181 g/mol. The van der Waals surface area contributed by atoms with E-state index in [1.807, 2.05) is 12.2 Å². The van der Waals surface area contributed by atoms with Crippen molar-refractivity contribution in [3.63, 3.8) is 0 Å². The normalized spacial score (nSPS) is 14.5. The van der Waals surface area contributed by atoms with Gasteiger partial charge in [0.25, 0.3) is 0 Å². The van der Waals surface area contributed by atoms with Crippen LogP contribution in [0.2, 0.25) is 0 Å². The first kappa shape index (κ1) is 8.10. The average molecular weight is 181 g/mol. The third-order valence-electron chi connectivity index (χ3n) is 2.23. The maximum absolute atomic E-state index is 11.5. The van der Waals surface area contributed by atoms with Crippen LogP contribution in [-0.2, 0) is 19.6 Å². The molecule has 0 N–H and O–H groups in total. The summed E-state index contributed by atoms with van der Waals surface area (Å²) in [6, 6.07) is 0. The molecule has 0 radical (unpaired) electrons. The number of nitrogens with zero attached hydrogens (tertiary/aromatic N) is 3. The van der Waals surface area contributed by atoms with E-state index in [0.29, 0.717) is 19.6 Å². The maximum atomic E-state index is 11.5. The van der Waals surface area contributed by atoms with Gasteiger partial charge in [-0.15, -0.1) is 0 Å². The Labute approximate surface area is 74.5 Å². The fourth-order valence-electron chi connectivity index (χ4n) is 1.54. The summed E-state index contributed by atoms with van der Waals surface area (Å²) in [5.74, 6) is 0. The van der Waals surface area contributed by atoms with Crippen LogP contribution in [0.5, 0.6) is 0 Å². The molecule has 13 heavy (non-hydrogen) atoms. The highest BCUT2D eigenvalue weighted by Crippen LogP contribution is 1.92. The van der Waals surface area contributed by atoms with E-state index in [-0.39, 0.29) is 11.4 Å². The van der Waals surface area contributed by atoms with Crippen LogP contribution in [0.25, 0.3) is 0 Å². The maximum Gasteiger partial charge on any atom is 0.347 e. The van der Waals surface area contributed by atoms with Gasteiger partial charge in [0.2, 0.25) is 0 Å². The molecule has 0 spiro atoms. The average Bonchev–Trinajstić information content (AvgIpc) is 2.41. The third-order valence-corrected chi connectivity index (χ3v) is 2.23. The van der Waals surface area contributed by atoms with E-state index in [0.717, 1.165) is 0 Å². The second kappa shape index (κ2) is 2.76. The van der Waals surface area contributed by atoms with Gasteiger partial charge < -0.3 is 0 Å². The first-order valence-electron chi connectivity index (χ1n) is 4.31. The van der Waals surface area contributed by atoms with Crippen molar-refractivity contribution in [2.24, 2.45) is 0 Å². The molecule has 0 unspecified atom stereocenters. The number of rotatable bonds is 1. The van der Waals surface area contributed by atoms with E-state index in [2.05, 4.69) is 0 Å². The molecule has 1 aliphatic heterocycles. The van der Waals surface area contributed by atoms with Gasteiger partial charge in [-0.25, -0.2) is 23.5 Å². The second-order valence-electron chi connectivity index (χ2n) is 2.95. The first-order chi connectivity index (χ1) is 6.25. The summed E-state index contributed by atoms with van der Waals surface area (Å²) in [5.41, 5.74) is -0.422. The molecule has 0 aliphatic carbocycles. The summed E-state index contributed by atoms with van der Waals surface area (Å²) in [5, 5.41) is 0. The lowest BCUT2D eigenvalue weighted by molar-refractivity contribution is 0.482. The molecule has 1 aromatic rings. The Bertz CT molecular complexity index is 421. The molecule has 0 fully saturated rings. The molecule has 5 nitrogen and oxygen atoms in total. The number of hydrogen-bond donors (Lipinski definition) is 0. The number of aromatic nitrogens is 3. The van der Waals surface area contributed by atoms with Gasteiger partial charge in [0.15, 0.2) is 0 Å². The van der Waals surface area contributed by atoms with Crippen molar-refractivity contribution in [3.8, 4) is 0 Å². The Morgan fingerprint density at radius 3 is 2.00 bits per heavy atom. The second-order valence-corrected chi connectivity index (χ2v) is 2.95. The Kier molecular flexibility index (Phi) is 1.72. The van der Waals surface area contributed by atoms with E-state index in [1.165, 1.54) is 13.9 Å². The van der Waals surface area contributed by atoms with Crippen LogP contribution in [-0.4, -0.2) is 13.9 Å². The lowest BCUT2D eigenvalue weighted by Gasteiger charge is -2.08. The van der Waals surface area contributed by atoms with Crippen molar-refractivity contribution < 1.29 is 0 Å². The number of fused-ring (bicyclic) bond motifs is 1. The predicted octanol–water partition coefficient (Wildman–Crippen LogP) is -0.599. The largest absolute Gasteiger partial charge is 0.347 e. The summed E-state index contributed by atoms with van der Waals surface area (Å²) in [6.45, 7) is 3.23. The van der Waals surface area contributed by atoms with Crippen LogP contribution < -0.4 is 11.4 Å². The first-order valence-corrected chi connectivity index (χ1v) is 4.31. The van der Waals surface area contributed by atoms with Crippen LogP contribution in [0.15, 0.2) is 21.7 Å². The molecule has 1 aromatic heterocycles. The summed E-state index contributed by atoms with van der Waals surface area (Å²) >= 11 is 0. The minimum absolute atomic E-state index is 0.211.